The van der Waals surface area contributed by atoms with E-state index in [2.05, 4.69) is 5.32 Å². The molecule has 1 N–H and O–H groups in total. The maximum absolute atomic E-state index is 12.2. The molecule has 122 valence electrons. The molecule has 0 aliphatic heterocycles. The van der Waals surface area contributed by atoms with E-state index >= 15 is 0 Å². The molecule has 0 heterocycles. The number of halogens is 1. The third kappa shape index (κ3) is 3.87. The van der Waals surface area contributed by atoms with Crippen molar-refractivity contribution in [3.63, 3.8) is 0 Å². The van der Waals surface area contributed by atoms with Gasteiger partial charge in [0.15, 0.2) is 6.61 Å². The van der Waals surface area contributed by atoms with Gasteiger partial charge in [0.25, 0.3) is 5.91 Å². The number of hydrogen-bond donors (Lipinski definition) is 1. The highest BCUT2D eigenvalue weighted by atomic mass is 35.5. The largest absolute Gasteiger partial charge is 0.483 e. The smallest absolute Gasteiger partial charge is 0.258 e. The first-order chi connectivity index (χ1) is 11.6. The van der Waals surface area contributed by atoms with Crippen LogP contribution in [0.15, 0.2) is 66.7 Å². The fraction of sp³-hybridized carbons (Fsp3) is 0.150. The number of ether oxygens (including phenoxy) is 1. The molecule has 0 saturated carbocycles. The molecule has 0 spiro atoms. The van der Waals surface area contributed by atoms with Crippen LogP contribution in [0.1, 0.15) is 18.5 Å². The summed E-state index contributed by atoms with van der Waals surface area (Å²) in [5.41, 5.74) is 0.959. The fourth-order valence-electron chi connectivity index (χ4n) is 2.61. The van der Waals surface area contributed by atoms with Gasteiger partial charge in [-0.2, -0.15) is 0 Å². The van der Waals surface area contributed by atoms with Crippen molar-refractivity contribution in [2.24, 2.45) is 0 Å². The van der Waals surface area contributed by atoms with Crippen molar-refractivity contribution in [1.82, 2.24) is 5.32 Å². The summed E-state index contributed by atoms with van der Waals surface area (Å²) >= 11 is 5.98. The lowest BCUT2D eigenvalue weighted by Crippen LogP contribution is -2.31. The van der Waals surface area contributed by atoms with Crippen molar-refractivity contribution in [3.05, 3.63) is 77.3 Å². The summed E-state index contributed by atoms with van der Waals surface area (Å²) in [5, 5.41) is 5.65. The van der Waals surface area contributed by atoms with E-state index in [0.717, 1.165) is 16.3 Å². The van der Waals surface area contributed by atoms with Gasteiger partial charge in [0.05, 0.1) is 6.04 Å². The molecule has 0 bridgehead atoms. The fourth-order valence-corrected chi connectivity index (χ4v) is 2.81. The van der Waals surface area contributed by atoms with E-state index in [1.807, 2.05) is 73.7 Å². The first kappa shape index (κ1) is 16.3. The highest BCUT2D eigenvalue weighted by Gasteiger charge is 2.11. The number of nitrogens with one attached hydrogen (secondary N) is 1. The van der Waals surface area contributed by atoms with E-state index in [1.54, 1.807) is 0 Å². The van der Waals surface area contributed by atoms with Crippen LogP contribution >= 0.6 is 11.6 Å². The minimum Gasteiger partial charge on any atom is -0.483 e. The highest BCUT2D eigenvalue weighted by Crippen LogP contribution is 2.25. The first-order valence-electron chi connectivity index (χ1n) is 7.79. The normalized spacial score (nSPS) is 11.9. The number of carbonyl (C=O) groups is 1. The van der Waals surface area contributed by atoms with Crippen molar-refractivity contribution in [1.29, 1.82) is 0 Å². The standard InChI is InChI=1S/C20H18ClNO2/c1-14(16-8-4-9-17(21)12-16)22-20(23)13-24-19-11-5-7-15-6-2-3-10-18(15)19/h2-12,14H,13H2,1H3,(H,22,23)/t14-/m0/s1. The van der Waals surface area contributed by atoms with Gasteiger partial charge in [0.1, 0.15) is 5.75 Å². The number of rotatable bonds is 5. The molecule has 0 saturated heterocycles. The monoisotopic (exact) mass is 339 g/mol. The van der Waals surface area contributed by atoms with Gasteiger partial charge in [-0.05, 0) is 36.1 Å². The molecule has 1 amide bonds. The van der Waals surface area contributed by atoms with Gasteiger partial charge in [-0.1, -0.05) is 60.1 Å². The molecule has 0 aromatic heterocycles. The third-order valence-electron chi connectivity index (χ3n) is 3.83. The van der Waals surface area contributed by atoms with Gasteiger partial charge in [0, 0.05) is 10.4 Å². The third-order valence-corrected chi connectivity index (χ3v) is 4.07. The van der Waals surface area contributed by atoms with Gasteiger partial charge in [-0.3, -0.25) is 4.79 Å². The van der Waals surface area contributed by atoms with Crippen molar-refractivity contribution in [2.45, 2.75) is 13.0 Å². The lowest BCUT2D eigenvalue weighted by atomic mass is 10.1. The zero-order chi connectivity index (χ0) is 16.9. The molecule has 1 atom stereocenters. The zero-order valence-electron chi connectivity index (χ0n) is 13.3. The molecular weight excluding hydrogens is 322 g/mol. The molecule has 3 aromatic carbocycles. The van der Waals surface area contributed by atoms with Gasteiger partial charge in [-0.25, -0.2) is 0 Å². The second kappa shape index (κ2) is 7.37. The summed E-state index contributed by atoms with van der Waals surface area (Å²) in [6.45, 7) is 1.89. The molecule has 3 nitrogen and oxygen atoms in total. The van der Waals surface area contributed by atoms with E-state index in [4.69, 9.17) is 16.3 Å². The quantitative estimate of drug-likeness (QED) is 0.728. The van der Waals surface area contributed by atoms with Crippen LogP contribution < -0.4 is 10.1 Å². The van der Waals surface area contributed by atoms with E-state index in [0.29, 0.717) is 10.8 Å². The number of hydrogen-bond acceptors (Lipinski definition) is 2. The summed E-state index contributed by atoms with van der Waals surface area (Å²) < 4.78 is 5.70. The topological polar surface area (TPSA) is 38.3 Å². The Balaban J connectivity index is 1.63. The van der Waals surface area contributed by atoms with Gasteiger partial charge in [-0.15, -0.1) is 0 Å². The maximum atomic E-state index is 12.2. The highest BCUT2D eigenvalue weighted by molar-refractivity contribution is 6.30. The Morgan fingerprint density at radius 1 is 1.08 bits per heavy atom. The number of fused-ring (bicyclic) bond motifs is 1. The second-order valence-electron chi connectivity index (χ2n) is 5.61. The van der Waals surface area contributed by atoms with Crippen LogP contribution in [0, 0.1) is 0 Å². The average Bonchev–Trinajstić information content (AvgIpc) is 2.60. The second-order valence-corrected chi connectivity index (χ2v) is 6.05. The summed E-state index contributed by atoms with van der Waals surface area (Å²) in [4.78, 5) is 12.2. The van der Waals surface area contributed by atoms with Crippen molar-refractivity contribution in [2.75, 3.05) is 6.61 Å². The SMILES string of the molecule is C[C@H](NC(=O)COc1cccc2ccccc12)c1cccc(Cl)c1. The van der Waals surface area contributed by atoms with Crippen molar-refractivity contribution in [3.8, 4) is 5.75 Å². The van der Waals surface area contributed by atoms with E-state index in [-0.39, 0.29) is 18.6 Å². The van der Waals surface area contributed by atoms with Gasteiger partial charge in [0.2, 0.25) is 0 Å². The molecule has 3 rings (SSSR count). The Kier molecular flexibility index (Phi) is 5.02. The molecule has 3 aromatic rings. The average molecular weight is 340 g/mol. The molecule has 0 radical (unpaired) electrons. The minimum atomic E-state index is -0.171. The van der Waals surface area contributed by atoms with Gasteiger partial charge < -0.3 is 10.1 Å². The summed E-state index contributed by atoms with van der Waals surface area (Å²) in [5.74, 6) is 0.536. The predicted octanol–water partition coefficient (Wildman–Crippen LogP) is 4.75. The van der Waals surface area contributed by atoms with Crippen LogP contribution in [0.5, 0.6) is 5.75 Å². The molecule has 0 fully saturated rings. The summed E-state index contributed by atoms with van der Waals surface area (Å²) in [6, 6.07) is 21.1. The van der Waals surface area contributed by atoms with Crippen LogP contribution in [-0.4, -0.2) is 12.5 Å². The first-order valence-corrected chi connectivity index (χ1v) is 8.16. The van der Waals surface area contributed by atoms with Crippen molar-refractivity contribution < 1.29 is 9.53 Å². The van der Waals surface area contributed by atoms with Crippen LogP contribution in [0.3, 0.4) is 0 Å². The molecule has 0 aliphatic rings. The number of carbonyl (C=O) groups excluding carboxylic acids is 1. The van der Waals surface area contributed by atoms with E-state index < -0.39 is 0 Å². The van der Waals surface area contributed by atoms with E-state index in [9.17, 15) is 4.79 Å². The number of amides is 1. The zero-order valence-corrected chi connectivity index (χ0v) is 14.1. The Labute approximate surface area is 146 Å². The Morgan fingerprint density at radius 3 is 2.67 bits per heavy atom. The number of benzene rings is 3. The molecule has 24 heavy (non-hydrogen) atoms. The van der Waals surface area contributed by atoms with Crippen LogP contribution in [0.2, 0.25) is 5.02 Å². The van der Waals surface area contributed by atoms with Gasteiger partial charge >= 0.3 is 0 Å². The van der Waals surface area contributed by atoms with E-state index in [1.165, 1.54) is 0 Å². The Bertz CT molecular complexity index is 858. The summed E-state index contributed by atoms with van der Waals surface area (Å²) in [6.07, 6.45) is 0. The maximum Gasteiger partial charge on any atom is 0.258 e. The predicted molar refractivity (Wildman–Crippen MR) is 97.5 cm³/mol. The van der Waals surface area contributed by atoms with Crippen LogP contribution in [0.25, 0.3) is 10.8 Å². The van der Waals surface area contributed by atoms with Crippen LogP contribution in [-0.2, 0) is 4.79 Å². The minimum absolute atomic E-state index is 0.0289. The summed E-state index contributed by atoms with van der Waals surface area (Å²) in [7, 11) is 0. The lowest BCUT2D eigenvalue weighted by molar-refractivity contribution is -0.123. The van der Waals surface area contributed by atoms with Crippen LogP contribution in [0.4, 0.5) is 0 Å². The van der Waals surface area contributed by atoms with Crippen molar-refractivity contribution >= 4 is 28.3 Å². The molecule has 0 unspecified atom stereocenters. The molecular formula is C20H18ClNO2. The molecule has 4 heteroatoms. The molecule has 0 aliphatic carbocycles. The Morgan fingerprint density at radius 2 is 1.83 bits per heavy atom. The lowest BCUT2D eigenvalue weighted by Gasteiger charge is -2.15. The Hall–Kier alpha value is -2.52.